The van der Waals surface area contributed by atoms with Crippen molar-refractivity contribution >= 4 is 15.9 Å². The smallest absolute Gasteiger partial charge is 0.208 e. The number of nitrogens with zero attached hydrogens (tertiary/aromatic N) is 1. The largest absolute Gasteiger partial charge is 0.492 e. The highest BCUT2D eigenvalue weighted by atomic mass is 79.9. The van der Waals surface area contributed by atoms with Crippen molar-refractivity contribution in [2.24, 2.45) is 0 Å². The summed E-state index contributed by atoms with van der Waals surface area (Å²) in [4.78, 5) is 4.11. The second-order valence-electron chi connectivity index (χ2n) is 3.85. The van der Waals surface area contributed by atoms with Crippen molar-refractivity contribution in [1.29, 1.82) is 0 Å². The van der Waals surface area contributed by atoms with Crippen LogP contribution in [0.4, 0.5) is 0 Å². The molecule has 0 bridgehead atoms. The van der Waals surface area contributed by atoms with Crippen LogP contribution in [0.15, 0.2) is 39.4 Å². The fourth-order valence-electron chi connectivity index (χ4n) is 1.48. The van der Waals surface area contributed by atoms with E-state index >= 15 is 0 Å². The van der Waals surface area contributed by atoms with Crippen molar-refractivity contribution in [2.45, 2.75) is 13.5 Å². The van der Waals surface area contributed by atoms with Crippen LogP contribution < -0.4 is 10.1 Å². The van der Waals surface area contributed by atoms with Crippen LogP contribution >= 0.6 is 15.9 Å². The molecular weight excluding hydrogens is 296 g/mol. The molecule has 0 spiro atoms. The topological polar surface area (TPSA) is 47.3 Å². The molecule has 0 aliphatic rings. The molecule has 2 aromatic rings. The third kappa shape index (κ3) is 4.16. The van der Waals surface area contributed by atoms with Gasteiger partial charge in [-0.05, 0) is 25.1 Å². The van der Waals surface area contributed by atoms with Crippen molar-refractivity contribution in [1.82, 2.24) is 10.3 Å². The van der Waals surface area contributed by atoms with Crippen LogP contribution in [0.3, 0.4) is 0 Å². The predicted octanol–water partition coefficient (Wildman–Crippen LogP) is 2.91. The second-order valence-corrected chi connectivity index (χ2v) is 4.76. The first kappa shape index (κ1) is 13.1. The summed E-state index contributed by atoms with van der Waals surface area (Å²) in [5.41, 5.74) is 0. The molecular formula is C13H15BrN2O2. The summed E-state index contributed by atoms with van der Waals surface area (Å²) in [6.45, 7) is 3.85. The van der Waals surface area contributed by atoms with Crippen LogP contribution in [-0.4, -0.2) is 18.1 Å². The Kier molecular flexibility index (Phi) is 4.78. The van der Waals surface area contributed by atoms with E-state index in [1.165, 1.54) is 0 Å². The molecule has 18 heavy (non-hydrogen) atoms. The van der Waals surface area contributed by atoms with E-state index in [0.717, 1.165) is 22.5 Å². The first-order valence-corrected chi connectivity index (χ1v) is 6.54. The van der Waals surface area contributed by atoms with Gasteiger partial charge in [-0.25, -0.2) is 4.98 Å². The van der Waals surface area contributed by atoms with Crippen LogP contribution in [0.1, 0.15) is 11.7 Å². The normalized spacial score (nSPS) is 10.6. The number of ether oxygens (including phenoxy) is 1. The van der Waals surface area contributed by atoms with Gasteiger partial charge in [-0.2, -0.15) is 0 Å². The lowest BCUT2D eigenvalue weighted by Crippen LogP contribution is -2.20. The maximum atomic E-state index is 5.59. The van der Waals surface area contributed by atoms with E-state index in [4.69, 9.17) is 9.15 Å². The van der Waals surface area contributed by atoms with Gasteiger partial charge in [0.05, 0.1) is 12.7 Å². The van der Waals surface area contributed by atoms with Gasteiger partial charge >= 0.3 is 0 Å². The van der Waals surface area contributed by atoms with E-state index in [1.54, 1.807) is 6.20 Å². The van der Waals surface area contributed by atoms with E-state index in [1.807, 2.05) is 31.2 Å². The zero-order valence-electron chi connectivity index (χ0n) is 10.1. The third-order valence-corrected chi connectivity index (χ3v) is 2.78. The van der Waals surface area contributed by atoms with E-state index in [0.29, 0.717) is 19.0 Å². The van der Waals surface area contributed by atoms with Crippen molar-refractivity contribution in [3.05, 3.63) is 46.6 Å². The molecule has 1 heterocycles. The number of halogens is 1. The van der Waals surface area contributed by atoms with E-state index in [-0.39, 0.29) is 0 Å². The maximum Gasteiger partial charge on any atom is 0.208 e. The molecule has 1 aromatic heterocycles. The molecule has 0 aliphatic carbocycles. The van der Waals surface area contributed by atoms with Gasteiger partial charge in [0.1, 0.15) is 18.1 Å². The highest BCUT2D eigenvalue weighted by Gasteiger charge is 1.99. The van der Waals surface area contributed by atoms with Crippen molar-refractivity contribution < 1.29 is 9.15 Å². The van der Waals surface area contributed by atoms with Gasteiger partial charge in [-0.1, -0.05) is 22.0 Å². The van der Waals surface area contributed by atoms with Crippen LogP contribution in [0.2, 0.25) is 0 Å². The Bertz CT molecular complexity index is 499. The van der Waals surface area contributed by atoms with E-state index in [9.17, 15) is 0 Å². The average molecular weight is 311 g/mol. The summed E-state index contributed by atoms with van der Waals surface area (Å²) in [5, 5.41) is 3.21. The zero-order chi connectivity index (χ0) is 12.8. The second kappa shape index (κ2) is 6.56. The zero-order valence-corrected chi connectivity index (χ0v) is 11.7. The van der Waals surface area contributed by atoms with Gasteiger partial charge in [0.15, 0.2) is 0 Å². The lowest BCUT2D eigenvalue weighted by Gasteiger charge is -2.06. The SMILES string of the molecule is Cc1cnc(CNCCOc2cccc(Br)c2)o1. The van der Waals surface area contributed by atoms with Gasteiger partial charge in [0.25, 0.3) is 0 Å². The van der Waals surface area contributed by atoms with Crippen molar-refractivity contribution in [2.75, 3.05) is 13.2 Å². The monoisotopic (exact) mass is 310 g/mol. The number of aromatic nitrogens is 1. The van der Waals surface area contributed by atoms with Crippen molar-refractivity contribution in [3.8, 4) is 5.75 Å². The molecule has 0 unspecified atom stereocenters. The Morgan fingerprint density at radius 3 is 3.06 bits per heavy atom. The van der Waals surface area contributed by atoms with E-state index in [2.05, 4.69) is 26.2 Å². The Balaban J connectivity index is 1.64. The number of benzene rings is 1. The Labute approximate surface area is 114 Å². The minimum atomic E-state index is 0.607. The summed E-state index contributed by atoms with van der Waals surface area (Å²) in [5.74, 6) is 2.39. The summed E-state index contributed by atoms with van der Waals surface area (Å²) in [7, 11) is 0. The van der Waals surface area contributed by atoms with Gasteiger partial charge < -0.3 is 14.5 Å². The number of oxazole rings is 1. The maximum absolute atomic E-state index is 5.59. The molecule has 0 radical (unpaired) electrons. The lowest BCUT2D eigenvalue weighted by atomic mass is 10.3. The minimum Gasteiger partial charge on any atom is -0.492 e. The fraction of sp³-hybridized carbons (Fsp3) is 0.308. The highest BCUT2D eigenvalue weighted by molar-refractivity contribution is 9.10. The summed E-state index contributed by atoms with van der Waals surface area (Å²) in [6.07, 6.45) is 1.72. The van der Waals surface area contributed by atoms with Crippen LogP contribution in [0, 0.1) is 6.92 Å². The molecule has 5 heteroatoms. The molecule has 0 fully saturated rings. The molecule has 0 saturated carbocycles. The average Bonchev–Trinajstić information content (AvgIpc) is 2.75. The number of aryl methyl sites for hydroxylation is 1. The number of rotatable bonds is 6. The first-order chi connectivity index (χ1) is 8.74. The standard InChI is InChI=1S/C13H15BrN2O2/c1-10-8-16-13(18-10)9-15-5-6-17-12-4-2-3-11(14)7-12/h2-4,7-8,15H,5-6,9H2,1H3. The summed E-state index contributed by atoms with van der Waals surface area (Å²) >= 11 is 3.40. The summed E-state index contributed by atoms with van der Waals surface area (Å²) < 4.78 is 11.9. The number of hydrogen-bond donors (Lipinski definition) is 1. The molecule has 1 N–H and O–H groups in total. The Morgan fingerprint density at radius 2 is 2.33 bits per heavy atom. The van der Waals surface area contributed by atoms with Crippen LogP contribution in [-0.2, 0) is 6.54 Å². The van der Waals surface area contributed by atoms with Crippen LogP contribution in [0.25, 0.3) is 0 Å². The van der Waals surface area contributed by atoms with Gasteiger partial charge in [0, 0.05) is 11.0 Å². The fourth-order valence-corrected chi connectivity index (χ4v) is 1.85. The third-order valence-electron chi connectivity index (χ3n) is 2.29. The van der Waals surface area contributed by atoms with E-state index < -0.39 is 0 Å². The Morgan fingerprint density at radius 1 is 1.44 bits per heavy atom. The number of nitrogens with one attached hydrogen (secondary N) is 1. The minimum absolute atomic E-state index is 0.607. The predicted molar refractivity (Wildman–Crippen MR) is 72.6 cm³/mol. The van der Waals surface area contributed by atoms with Crippen LogP contribution in [0.5, 0.6) is 5.75 Å². The van der Waals surface area contributed by atoms with Crippen molar-refractivity contribution in [3.63, 3.8) is 0 Å². The van der Waals surface area contributed by atoms with Gasteiger partial charge in [0.2, 0.25) is 5.89 Å². The molecule has 2 rings (SSSR count). The number of hydrogen-bond acceptors (Lipinski definition) is 4. The highest BCUT2D eigenvalue weighted by Crippen LogP contribution is 2.17. The first-order valence-electron chi connectivity index (χ1n) is 5.74. The quantitative estimate of drug-likeness (QED) is 0.833. The lowest BCUT2D eigenvalue weighted by molar-refractivity contribution is 0.309. The molecule has 4 nitrogen and oxygen atoms in total. The summed E-state index contributed by atoms with van der Waals surface area (Å²) in [6, 6.07) is 7.79. The van der Waals surface area contributed by atoms with Gasteiger partial charge in [-0.3, -0.25) is 0 Å². The molecule has 96 valence electrons. The molecule has 0 aliphatic heterocycles. The molecule has 0 saturated heterocycles. The molecule has 0 amide bonds. The molecule has 1 aromatic carbocycles. The van der Waals surface area contributed by atoms with Gasteiger partial charge in [-0.15, -0.1) is 0 Å². The Hall–Kier alpha value is -1.33. The molecule has 0 atom stereocenters.